The lowest BCUT2D eigenvalue weighted by Gasteiger charge is -2.15. The lowest BCUT2D eigenvalue weighted by atomic mass is 10.1. The van der Waals surface area contributed by atoms with Crippen LogP contribution >= 0.6 is 11.6 Å². The van der Waals surface area contributed by atoms with Gasteiger partial charge in [-0.15, -0.1) is 0 Å². The Balaban J connectivity index is 2.39. The van der Waals surface area contributed by atoms with Crippen molar-refractivity contribution in [1.29, 1.82) is 0 Å². The predicted molar refractivity (Wildman–Crippen MR) is 84.7 cm³/mol. The van der Waals surface area contributed by atoms with Gasteiger partial charge in [-0.05, 0) is 55.7 Å². The van der Waals surface area contributed by atoms with Gasteiger partial charge < -0.3 is 15.7 Å². The average Bonchev–Trinajstić information content (AvgIpc) is 2.48. The standard InChI is InChI=1S/C16H17ClN2O2/c1-9-4-5-10(2)15(11(9)3)21-14-7-6-12(8-13(14)17)16(18)19-20/h4-8,20H,1-3H3,(H2,18,19). The van der Waals surface area contributed by atoms with Crippen LogP contribution < -0.4 is 10.5 Å². The average molecular weight is 305 g/mol. The molecule has 0 fully saturated rings. The second kappa shape index (κ2) is 6.06. The second-order valence-electron chi connectivity index (χ2n) is 4.89. The minimum atomic E-state index is 0.00590. The molecule has 0 amide bonds. The highest BCUT2D eigenvalue weighted by molar-refractivity contribution is 6.32. The summed E-state index contributed by atoms with van der Waals surface area (Å²) in [4.78, 5) is 0. The molecule has 0 aliphatic rings. The molecule has 0 spiro atoms. The van der Waals surface area contributed by atoms with Gasteiger partial charge in [0.15, 0.2) is 5.84 Å². The summed E-state index contributed by atoms with van der Waals surface area (Å²) in [6.45, 7) is 6.03. The van der Waals surface area contributed by atoms with E-state index in [2.05, 4.69) is 11.2 Å². The molecule has 2 aromatic rings. The zero-order chi connectivity index (χ0) is 15.6. The van der Waals surface area contributed by atoms with E-state index in [9.17, 15) is 0 Å². The molecule has 4 nitrogen and oxygen atoms in total. The highest BCUT2D eigenvalue weighted by Gasteiger charge is 2.11. The Bertz CT molecular complexity index is 712. The van der Waals surface area contributed by atoms with Gasteiger partial charge in [-0.3, -0.25) is 0 Å². The minimum absolute atomic E-state index is 0.00590. The van der Waals surface area contributed by atoms with Gasteiger partial charge in [0, 0.05) is 5.56 Å². The summed E-state index contributed by atoms with van der Waals surface area (Å²) in [6, 6.07) is 9.07. The summed E-state index contributed by atoms with van der Waals surface area (Å²) in [6.07, 6.45) is 0. The molecule has 0 aliphatic heterocycles. The molecule has 0 saturated heterocycles. The van der Waals surface area contributed by atoms with E-state index in [-0.39, 0.29) is 5.84 Å². The molecule has 21 heavy (non-hydrogen) atoms. The molecule has 0 heterocycles. The molecule has 3 N–H and O–H groups in total. The summed E-state index contributed by atoms with van der Waals surface area (Å²) in [5, 5.41) is 12.0. The van der Waals surface area contributed by atoms with Crippen molar-refractivity contribution in [3.05, 3.63) is 57.6 Å². The second-order valence-corrected chi connectivity index (χ2v) is 5.29. The summed E-state index contributed by atoms with van der Waals surface area (Å²) < 4.78 is 5.94. The van der Waals surface area contributed by atoms with Crippen LogP contribution in [0.5, 0.6) is 11.5 Å². The van der Waals surface area contributed by atoms with E-state index in [1.165, 1.54) is 0 Å². The van der Waals surface area contributed by atoms with Crippen molar-refractivity contribution in [3.63, 3.8) is 0 Å². The van der Waals surface area contributed by atoms with Crippen molar-refractivity contribution in [2.75, 3.05) is 0 Å². The van der Waals surface area contributed by atoms with Crippen LogP contribution in [-0.4, -0.2) is 11.0 Å². The van der Waals surface area contributed by atoms with Gasteiger partial charge in [0.2, 0.25) is 0 Å². The highest BCUT2D eigenvalue weighted by Crippen LogP contribution is 2.34. The topological polar surface area (TPSA) is 67.8 Å². The normalized spacial score (nSPS) is 11.5. The number of amidine groups is 1. The van der Waals surface area contributed by atoms with Crippen LogP contribution in [0.4, 0.5) is 0 Å². The van der Waals surface area contributed by atoms with Crippen LogP contribution in [0.2, 0.25) is 5.02 Å². The summed E-state index contributed by atoms with van der Waals surface area (Å²) in [5.41, 5.74) is 9.33. The molecule has 2 rings (SSSR count). The first-order chi connectivity index (χ1) is 9.93. The van der Waals surface area contributed by atoms with Gasteiger partial charge in [0.25, 0.3) is 0 Å². The number of oxime groups is 1. The Hall–Kier alpha value is -2.20. The number of nitrogens with two attached hydrogens (primary N) is 1. The molecular weight excluding hydrogens is 288 g/mol. The predicted octanol–water partition coefficient (Wildman–Crippen LogP) is 4.15. The van der Waals surface area contributed by atoms with E-state index in [1.807, 2.05) is 26.8 Å². The summed E-state index contributed by atoms with van der Waals surface area (Å²) >= 11 is 6.21. The summed E-state index contributed by atoms with van der Waals surface area (Å²) in [7, 11) is 0. The molecule has 0 bridgehead atoms. The molecule has 5 heteroatoms. The largest absolute Gasteiger partial charge is 0.455 e. The van der Waals surface area contributed by atoms with Crippen LogP contribution in [0.3, 0.4) is 0 Å². The molecule has 0 radical (unpaired) electrons. The Kier molecular flexibility index (Phi) is 4.38. The molecule has 0 unspecified atom stereocenters. The number of ether oxygens (including phenoxy) is 1. The van der Waals surface area contributed by atoms with E-state index >= 15 is 0 Å². The van der Waals surface area contributed by atoms with Crippen LogP contribution in [0.15, 0.2) is 35.5 Å². The first-order valence-corrected chi connectivity index (χ1v) is 6.84. The number of benzene rings is 2. The van der Waals surface area contributed by atoms with Gasteiger partial charge in [0.05, 0.1) is 5.02 Å². The number of rotatable bonds is 3. The highest BCUT2D eigenvalue weighted by atomic mass is 35.5. The van der Waals surface area contributed by atoms with Crippen molar-refractivity contribution >= 4 is 17.4 Å². The third-order valence-corrected chi connectivity index (χ3v) is 3.72. The molecule has 0 aromatic heterocycles. The smallest absolute Gasteiger partial charge is 0.170 e. The van der Waals surface area contributed by atoms with Crippen LogP contribution in [0.1, 0.15) is 22.3 Å². The Morgan fingerprint density at radius 2 is 1.81 bits per heavy atom. The van der Waals surface area contributed by atoms with Crippen LogP contribution in [-0.2, 0) is 0 Å². The van der Waals surface area contributed by atoms with Gasteiger partial charge in [0.1, 0.15) is 11.5 Å². The maximum atomic E-state index is 8.68. The van der Waals surface area contributed by atoms with Gasteiger partial charge in [-0.25, -0.2) is 0 Å². The fraction of sp³-hybridized carbons (Fsp3) is 0.188. The van der Waals surface area contributed by atoms with E-state index in [4.69, 9.17) is 27.3 Å². The molecule has 0 saturated carbocycles. The molecule has 2 aromatic carbocycles. The third kappa shape index (κ3) is 3.11. The van der Waals surface area contributed by atoms with Crippen molar-refractivity contribution < 1.29 is 9.94 Å². The zero-order valence-corrected chi connectivity index (χ0v) is 12.9. The molecular formula is C16H17ClN2O2. The van der Waals surface area contributed by atoms with Crippen molar-refractivity contribution in [2.45, 2.75) is 20.8 Å². The lowest BCUT2D eigenvalue weighted by molar-refractivity contribution is 0.318. The first-order valence-electron chi connectivity index (χ1n) is 6.46. The maximum Gasteiger partial charge on any atom is 0.170 e. The third-order valence-electron chi connectivity index (χ3n) is 3.42. The monoisotopic (exact) mass is 304 g/mol. The number of nitrogens with zero attached hydrogens (tertiary/aromatic N) is 1. The van der Waals surface area contributed by atoms with Gasteiger partial charge in [-0.2, -0.15) is 0 Å². The van der Waals surface area contributed by atoms with Crippen LogP contribution in [0, 0.1) is 20.8 Å². The molecule has 0 atom stereocenters. The van der Waals surface area contributed by atoms with E-state index in [0.29, 0.717) is 16.3 Å². The fourth-order valence-electron chi connectivity index (χ4n) is 1.99. The number of aryl methyl sites for hydroxylation is 2. The Morgan fingerprint density at radius 1 is 1.14 bits per heavy atom. The number of hydrogen-bond donors (Lipinski definition) is 2. The summed E-state index contributed by atoms with van der Waals surface area (Å²) in [5.74, 6) is 1.34. The fourth-order valence-corrected chi connectivity index (χ4v) is 2.21. The SMILES string of the molecule is Cc1ccc(C)c(Oc2ccc(C(N)=NO)cc2Cl)c1C. The Morgan fingerprint density at radius 3 is 2.43 bits per heavy atom. The Labute approximate surface area is 128 Å². The lowest BCUT2D eigenvalue weighted by Crippen LogP contribution is -2.12. The maximum absolute atomic E-state index is 8.68. The van der Waals surface area contributed by atoms with E-state index in [1.54, 1.807) is 18.2 Å². The van der Waals surface area contributed by atoms with Gasteiger partial charge >= 0.3 is 0 Å². The quantitative estimate of drug-likeness (QED) is 0.387. The number of halogens is 1. The van der Waals surface area contributed by atoms with Crippen molar-refractivity contribution in [2.24, 2.45) is 10.9 Å². The zero-order valence-electron chi connectivity index (χ0n) is 12.1. The minimum Gasteiger partial charge on any atom is -0.455 e. The van der Waals surface area contributed by atoms with Gasteiger partial charge in [-0.1, -0.05) is 28.9 Å². The first kappa shape index (κ1) is 15.2. The van der Waals surface area contributed by atoms with E-state index in [0.717, 1.165) is 22.4 Å². The van der Waals surface area contributed by atoms with Crippen LogP contribution in [0.25, 0.3) is 0 Å². The van der Waals surface area contributed by atoms with E-state index < -0.39 is 0 Å². The molecule has 110 valence electrons. The number of hydrogen-bond acceptors (Lipinski definition) is 3. The van der Waals surface area contributed by atoms with Crippen molar-refractivity contribution in [1.82, 2.24) is 0 Å². The molecule has 0 aliphatic carbocycles. The van der Waals surface area contributed by atoms with Crippen molar-refractivity contribution in [3.8, 4) is 11.5 Å².